The average Bonchev–Trinajstić information content (AvgIpc) is 2.32. The molecule has 0 atom stereocenters. The molecule has 0 radical (unpaired) electrons. The van der Waals surface area contributed by atoms with Crippen LogP contribution in [0.3, 0.4) is 0 Å². The first-order valence-corrected chi connectivity index (χ1v) is 5.77. The second-order valence-electron chi connectivity index (χ2n) is 4.45. The quantitative estimate of drug-likeness (QED) is 0.886. The van der Waals surface area contributed by atoms with Gasteiger partial charge in [-0.1, -0.05) is 0 Å². The SMILES string of the molecule is O=C(Nc1ncccc1F)C1CCC(F)(F)CC1. The third kappa shape index (κ3) is 3.00. The molecule has 1 saturated carbocycles. The summed E-state index contributed by atoms with van der Waals surface area (Å²) in [5.74, 6) is -4.39. The van der Waals surface area contributed by atoms with E-state index >= 15 is 0 Å². The van der Waals surface area contributed by atoms with Crippen LogP contribution in [0.2, 0.25) is 0 Å². The Morgan fingerprint density at radius 3 is 2.67 bits per heavy atom. The molecule has 18 heavy (non-hydrogen) atoms. The van der Waals surface area contributed by atoms with Crippen molar-refractivity contribution in [2.75, 3.05) is 5.32 Å². The number of carbonyl (C=O) groups is 1. The number of halogens is 3. The third-order valence-corrected chi connectivity index (χ3v) is 3.09. The van der Waals surface area contributed by atoms with Crippen LogP contribution in [-0.2, 0) is 4.79 Å². The molecule has 1 aliphatic carbocycles. The van der Waals surface area contributed by atoms with Crippen molar-refractivity contribution < 1.29 is 18.0 Å². The summed E-state index contributed by atoms with van der Waals surface area (Å²) in [6.45, 7) is 0. The van der Waals surface area contributed by atoms with Gasteiger partial charge in [0, 0.05) is 25.0 Å². The molecule has 6 heteroatoms. The maximum Gasteiger partial charge on any atom is 0.248 e. The summed E-state index contributed by atoms with van der Waals surface area (Å²) >= 11 is 0. The van der Waals surface area contributed by atoms with E-state index in [1.54, 1.807) is 0 Å². The predicted molar refractivity (Wildman–Crippen MR) is 59.7 cm³/mol. The Hall–Kier alpha value is -1.59. The molecule has 0 saturated heterocycles. The normalized spacial score (nSPS) is 19.5. The van der Waals surface area contributed by atoms with E-state index < -0.39 is 23.6 Å². The first-order chi connectivity index (χ1) is 8.48. The summed E-state index contributed by atoms with van der Waals surface area (Å²) in [4.78, 5) is 15.5. The van der Waals surface area contributed by atoms with Crippen LogP contribution >= 0.6 is 0 Å². The van der Waals surface area contributed by atoms with Gasteiger partial charge >= 0.3 is 0 Å². The highest BCUT2D eigenvalue weighted by atomic mass is 19.3. The fourth-order valence-electron chi connectivity index (χ4n) is 2.00. The molecule has 1 N–H and O–H groups in total. The van der Waals surface area contributed by atoms with Crippen LogP contribution in [0.4, 0.5) is 19.0 Å². The summed E-state index contributed by atoms with van der Waals surface area (Å²) in [6.07, 6.45) is 1.000. The maximum atomic E-state index is 13.2. The van der Waals surface area contributed by atoms with E-state index in [2.05, 4.69) is 10.3 Å². The van der Waals surface area contributed by atoms with Gasteiger partial charge in [-0.2, -0.15) is 0 Å². The Bertz CT molecular complexity index is 441. The Morgan fingerprint density at radius 2 is 2.06 bits per heavy atom. The topological polar surface area (TPSA) is 42.0 Å². The first-order valence-electron chi connectivity index (χ1n) is 5.77. The molecule has 1 amide bonds. The molecule has 1 aromatic rings. The van der Waals surface area contributed by atoms with Gasteiger partial charge in [0.05, 0.1) is 0 Å². The number of rotatable bonds is 2. The van der Waals surface area contributed by atoms with Crippen LogP contribution in [0.5, 0.6) is 0 Å². The van der Waals surface area contributed by atoms with Gasteiger partial charge in [0.1, 0.15) is 0 Å². The van der Waals surface area contributed by atoms with Crippen LogP contribution < -0.4 is 5.32 Å². The summed E-state index contributed by atoms with van der Waals surface area (Å²) < 4.78 is 39.1. The van der Waals surface area contributed by atoms with Gasteiger partial charge in [-0.15, -0.1) is 0 Å². The van der Waals surface area contributed by atoms with Crippen molar-refractivity contribution >= 4 is 11.7 Å². The van der Waals surface area contributed by atoms with Crippen LogP contribution in [0.15, 0.2) is 18.3 Å². The Kier molecular flexibility index (Phi) is 3.54. The highest BCUT2D eigenvalue weighted by Gasteiger charge is 2.37. The minimum absolute atomic E-state index is 0.118. The molecule has 1 heterocycles. The van der Waals surface area contributed by atoms with E-state index in [0.29, 0.717) is 0 Å². The summed E-state index contributed by atoms with van der Waals surface area (Å²) in [6, 6.07) is 2.59. The van der Waals surface area contributed by atoms with Gasteiger partial charge < -0.3 is 5.32 Å². The molecular formula is C12H13F3N2O. The smallest absolute Gasteiger partial charge is 0.248 e. The lowest BCUT2D eigenvalue weighted by Crippen LogP contribution is -2.32. The zero-order chi connectivity index (χ0) is 13.2. The van der Waals surface area contributed by atoms with Crippen LogP contribution in [-0.4, -0.2) is 16.8 Å². The lowest BCUT2D eigenvalue weighted by molar-refractivity contribution is -0.124. The van der Waals surface area contributed by atoms with E-state index in [-0.39, 0.29) is 31.5 Å². The molecule has 3 nitrogen and oxygen atoms in total. The average molecular weight is 258 g/mol. The zero-order valence-electron chi connectivity index (χ0n) is 9.63. The maximum absolute atomic E-state index is 13.2. The Balaban J connectivity index is 1.95. The molecule has 1 fully saturated rings. The minimum atomic E-state index is -2.67. The number of anilines is 1. The Labute approximate surface area is 102 Å². The number of nitrogens with zero attached hydrogens (tertiary/aromatic N) is 1. The van der Waals surface area contributed by atoms with Gasteiger partial charge in [0.15, 0.2) is 11.6 Å². The van der Waals surface area contributed by atoms with Crippen molar-refractivity contribution in [3.8, 4) is 0 Å². The van der Waals surface area contributed by atoms with Crippen molar-refractivity contribution in [1.82, 2.24) is 4.98 Å². The second-order valence-corrected chi connectivity index (χ2v) is 4.45. The molecule has 0 aliphatic heterocycles. The molecule has 1 aliphatic rings. The van der Waals surface area contributed by atoms with Gasteiger partial charge in [0.25, 0.3) is 0 Å². The van der Waals surface area contributed by atoms with Crippen molar-refractivity contribution in [1.29, 1.82) is 0 Å². The van der Waals surface area contributed by atoms with E-state index in [4.69, 9.17) is 0 Å². The summed E-state index contributed by atoms with van der Waals surface area (Å²) in [5, 5.41) is 2.34. The monoisotopic (exact) mass is 258 g/mol. The molecule has 0 unspecified atom stereocenters. The fourth-order valence-corrected chi connectivity index (χ4v) is 2.00. The van der Waals surface area contributed by atoms with E-state index in [0.717, 1.165) is 0 Å². The summed E-state index contributed by atoms with van der Waals surface area (Å²) in [7, 11) is 0. The standard InChI is InChI=1S/C12H13F3N2O/c13-9-2-1-7-16-10(9)17-11(18)8-3-5-12(14,15)6-4-8/h1-2,7-8H,3-6H2,(H,16,17,18). The minimum Gasteiger partial charge on any atom is -0.308 e. The fraction of sp³-hybridized carbons (Fsp3) is 0.500. The number of nitrogens with one attached hydrogen (secondary N) is 1. The van der Waals surface area contributed by atoms with Gasteiger partial charge in [0.2, 0.25) is 11.8 Å². The Morgan fingerprint density at radius 1 is 1.39 bits per heavy atom. The molecule has 1 aromatic heterocycles. The van der Waals surface area contributed by atoms with Gasteiger partial charge in [-0.05, 0) is 25.0 Å². The molecule has 98 valence electrons. The number of hydrogen-bond donors (Lipinski definition) is 1. The molecule has 2 rings (SSSR count). The number of amides is 1. The van der Waals surface area contributed by atoms with Crippen LogP contribution in [0, 0.1) is 11.7 Å². The molecule has 0 aromatic carbocycles. The van der Waals surface area contributed by atoms with Crippen molar-refractivity contribution in [3.63, 3.8) is 0 Å². The van der Waals surface area contributed by atoms with E-state index in [1.165, 1.54) is 18.3 Å². The number of carbonyl (C=O) groups excluding carboxylic acids is 1. The highest BCUT2D eigenvalue weighted by molar-refractivity contribution is 5.91. The highest BCUT2D eigenvalue weighted by Crippen LogP contribution is 2.36. The van der Waals surface area contributed by atoms with Crippen molar-refractivity contribution in [2.24, 2.45) is 5.92 Å². The second kappa shape index (κ2) is 4.96. The lowest BCUT2D eigenvalue weighted by atomic mass is 9.86. The summed E-state index contributed by atoms with van der Waals surface area (Å²) in [5.41, 5.74) is 0. The van der Waals surface area contributed by atoms with Crippen LogP contribution in [0.25, 0.3) is 0 Å². The van der Waals surface area contributed by atoms with Gasteiger partial charge in [-0.3, -0.25) is 4.79 Å². The molecule has 0 spiro atoms. The molecule has 0 bridgehead atoms. The van der Waals surface area contributed by atoms with Crippen molar-refractivity contribution in [3.05, 3.63) is 24.1 Å². The number of aromatic nitrogens is 1. The van der Waals surface area contributed by atoms with Crippen LogP contribution in [0.1, 0.15) is 25.7 Å². The van der Waals surface area contributed by atoms with E-state index in [1.807, 2.05) is 0 Å². The third-order valence-electron chi connectivity index (χ3n) is 3.09. The lowest BCUT2D eigenvalue weighted by Gasteiger charge is -2.27. The zero-order valence-corrected chi connectivity index (χ0v) is 9.63. The van der Waals surface area contributed by atoms with Crippen molar-refractivity contribution in [2.45, 2.75) is 31.6 Å². The predicted octanol–water partition coefficient (Wildman–Crippen LogP) is 2.98. The number of hydrogen-bond acceptors (Lipinski definition) is 2. The number of alkyl halides is 2. The molecular weight excluding hydrogens is 245 g/mol. The largest absolute Gasteiger partial charge is 0.308 e. The first kappa shape index (κ1) is 12.9. The van der Waals surface area contributed by atoms with Gasteiger partial charge in [-0.25, -0.2) is 18.2 Å². The van der Waals surface area contributed by atoms with E-state index in [9.17, 15) is 18.0 Å². The number of pyridine rings is 1.